The summed E-state index contributed by atoms with van der Waals surface area (Å²) >= 11 is 0. The van der Waals surface area contributed by atoms with Crippen molar-refractivity contribution in [3.05, 3.63) is 84.4 Å². The van der Waals surface area contributed by atoms with E-state index in [1.165, 1.54) is 48.7 Å². The smallest absolute Gasteiger partial charge is 0.00987 e. The predicted molar refractivity (Wildman–Crippen MR) is 101 cm³/mol. The highest BCUT2D eigenvalue weighted by molar-refractivity contribution is 6.19. The van der Waals surface area contributed by atoms with Gasteiger partial charge in [0.2, 0.25) is 0 Å². The summed E-state index contributed by atoms with van der Waals surface area (Å²) in [6.07, 6.45) is 0. The van der Waals surface area contributed by atoms with Crippen LogP contribution in [0.2, 0.25) is 0 Å². The van der Waals surface area contributed by atoms with Crippen LogP contribution in [0.4, 0.5) is 0 Å². The highest BCUT2D eigenvalue weighted by Crippen LogP contribution is 2.33. The van der Waals surface area contributed by atoms with Crippen LogP contribution in [-0.4, -0.2) is 0 Å². The van der Waals surface area contributed by atoms with E-state index in [1.54, 1.807) is 0 Å². The molecule has 0 fully saturated rings. The zero-order valence-electron chi connectivity index (χ0n) is 13.0. The van der Waals surface area contributed by atoms with Crippen LogP contribution in [-0.2, 0) is 0 Å². The minimum absolute atomic E-state index is 1.30. The third-order valence-electron chi connectivity index (χ3n) is 4.86. The average Bonchev–Trinajstić information content (AvgIpc) is 2.59. The standard InChI is InChI=1S/C23H16/c1-15-6-7-16-8-10-21-20(22(16)12-15)11-9-19-13-17-4-2-3-5-18(17)14-23(19)21/h2-14H,1H3. The van der Waals surface area contributed by atoms with E-state index in [0.29, 0.717) is 0 Å². The Kier molecular flexibility index (Phi) is 2.51. The fourth-order valence-corrected chi connectivity index (χ4v) is 3.67. The van der Waals surface area contributed by atoms with Gasteiger partial charge in [-0.05, 0) is 62.1 Å². The first-order valence-corrected chi connectivity index (χ1v) is 8.04. The molecule has 0 aliphatic rings. The average molecular weight is 292 g/mol. The molecule has 0 heteroatoms. The molecule has 23 heavy (non-hydrogen) atoms. The molecule has 108 valence electrons. The van der Waals surface area contributed by atoms with Gasteiger partial charge in [-0.25, -0.2) is 0 Å². The van der Waals surface area contributed by atoms with Crippen LogP contribution in [0.1, 0.15) is 5.56 Å². The van der Waals surface area contributed by atoms with Crippen LogP contribution in [0.25, 0.3) is 43.1 Å². The first-order chi connectivity index (χ1) is 11.3. The summed E-state index contributed by atoms with van der Waals surface area (Å²) in [7, 11) is 0. The molecule has 5 rings (SSSR count). The first-order valence-electron chi connectivity index (χ1n) is 8.04. The minimum atomic E-state index is 1.30. The Bertz CT molecular complexity index is 1210. The van der Waals surface area contributed by atoms with E-state index in [-0.39, 0.29) is 0 Å². The molecule has 5 aromatic carbocycles. The molecular weight excluding hydrogens is 276 g/mol. The van der Waals surface area contributed by atoms with Crippen LogP contribution in [0.15, 0.2) is 78.9 Å². The summed E-state index contributed by atoms with van der Waals surface area (Å²) < 4.78 is 0. The first kappa shape index (κ1) is 12.7. The van der Waals surface area contributed by atoms with E-state index in [4.69, 9.17) is 0 Å². The van der Waals surface area contributed by atoms with E-state index >= 15 is 0 Å². The van der Waals surface area contributed by atoms with E-state index < -0.39 is 0 Å². The van der Waals surface area contributed by atoms with Gasteiger partial charge in [0.25, 0.3) is 0 Å². The number of aryl methyl sites for hydroxylation is 1. The van der Waals surface area contributed by atoms with Crippen molar-refractivity contribution >= 4 is 43.1 Å². The molecule has 0 saturated heterocycles. The van der Waals surface area contributed by atoms with Crippen LogP contribution in [0.5, 0.6) is 0 Å². The van der Waals surface area contributed by atoms with Crippen molar-refractivity contribution in [2.24, 2.45) is 0 Å². The Morgan fingerprint density at radius 2 is 1.04 bits per heavy atom. The number of hydrogen-bond donors (Lipinski definition) is 0. The zero-order valence-corrected chi connectivity index (χ0v) is 13.0. The molecule has 0 atom stereocenters. The molecule has 5 aromatic rings. The summed E-state index contributed by atoms with van der Waals surface area (Å²) in [5.74, 6) is 0. The highest BCUT2D eigenvalue weighted by atomic mass is 14.1. The minimum Gasteiger partial charge on any atom is -0.0616 e. The van der Waals surface area contributed by atoms with Gasteiger partial charge in [0, 0.05) is 0 Å². The Labute approximate surface area is 135 Å². The molecular formula is C23H16. The SMILES string of the molecule is Cc1ccc2ccc3c4cc5ccccc5cc4ccc3c2c1. The van der Waals surface area contributed by atoms with Crippen molar-refractivity contribution in [3.8, 4) is 0 Å². The van der Waals surface area contributed by atoms with Gasteiger partial charge < -0.3 is 0 Å². The van der Waals surface area contributed by atoms with Crippen LogP contribution >= 0.6 is 0 Å². The molecule has 0 amide bonds. The van der Waals surface area contributed by atoms with Crippen molar-refractivity contribution < 1.29 is 0 Å². The van der Waals surface area contributed by atoms with Gasteiger partial charge in [0.15, 0.2) is 0 Å². The van der Waals surface area contributed by atoms with E-state index in [0.717, 1.165) is 0 Å². The van der Waals surface area contributed by atoms with Crippen molar-refractivity contribution in [1.82, 2.24) is 0 Å². The van der Waals surface area contributed by atoms with E-state index in [9.17, 15) is 0 Å². The van der Waals surface area contributed by atoms with Gasteiger partial charge in [-0.3, -0.25) is 0 Å². The lowest BCUT2D eigenvalue weighted by Crippen LogP contribution is -1.83. The highest BCUT2D eigenvalue weighted by Gasteiger charge is 2.06. The summed E-state index contributed by atoms with van der Waals surface area (Å²) in [6.45, 7) is 2.16. The van der Waals surface area contributed by atoms with Crippen LogP contribution in [0.3, 0.4) is 0 Å². The molecule has 0 radical (unpaired) electrons. The van der Waals surface area contributed by atoms with Gasteiger partial charge in [-0.15, -0.1) is 0 Å². The molecule has 0 aliphatic carbocycles. The molecule has 0 bridgehead atoms. The largest absolute Gasteiger partial charge is 0.0616 e. The van der Waals surface area contributed by atoms with Gasteiger partial charge in [0.1, 0.15) is 0 Å². The van der Waals surface area contributed by atoms with Crippen molar-refractivity contribution in [3.63, 3.8) is 0 Å². The normalized spacial score (nSPS) is 11.7. The maximum absolute atomic E-state index is 2.33. The summed E-state index contributed by atoms with van der Waals surface area (Å²) in [5, 5.41) is 10.6. The zero-order chi connectivity index (χ0) is 15.4. The van der Waals surface area contributed by atoms with Gasteiger partial charge in [-0.1, -0.05) is 72.3 Å². The fourth-order valence-electron chi connectivity index (χ4n) is 3.67. The second kappa shape index (κ2) is 4.57. The summed E-state index contributed by atoms with van der Waals surface area (Å²) in [4.78, 5) is 0. The molecule has 0 nitrogen and oxygen atoms in total. The predicted octanol–water partition coefficient (Wildman–Crippen LogP) is 6.61. The van der Waals surface area contributed by atoms with Gasteiger partial charge >= 0.3 is 0 Å². The Morgan fingerprint density at radius 1 is 0.435 bits per heavy atom. The number of rotatable bonds is 0. The maximum atomic E-state index is 2.33. The lowest BCUT2D eigenvalue weighted by Gasteiger charge is -2.09. The Hall–Kier alpha value is -2.86. The van der Waals surface area contributed by atoms with Gasteiger partial charge in [0.05, 0.1) is 0 Å². The van der Waals surface area contributed by atoms with E-state index in [1.807, 2.05) is 0 Å². The number of fused-ring (bicyclic) bond motifs is 6. The Morgan fingerprint density at radius 3 is 1.83 bits per heavy atom. The molecule has 0 N–H and O–H groups in total. The quantitative estimate of drug-likeness (QED) is 0.222. The van der Waals surface area contributed by atoms with Crippen molar-refractivity contribution in [1.29, 1.82) is 0 Å². The summed E-state index contributed by atoms with van der Waals surface area (Å²) in [6, 6.07) is 28.9. The third-order valence-corrected chi connectivity index (χ3v) is 4.86. The lowest BCUT2D eigenvalue weighted by atomic mass is 9.94. The lowest BCUT2D eigenvalue weighted by molar-refractivity contribution is 1.51. The third kappa shape index (κ3) is 1.85. The number of hydrogen-bond acceptors (Lipinski definition) is 0. The van der Waals surface area contributed by atoms with Crippen LogP contribution < -0.4 is 0 Å². The van der Waals surface area contributed by atoms with Gasteiger partial charge in [-0.2, -0.15) is 0 Å². The van der Waals surface area contributed by atoms with Crippen molar-refractivity contribution in [2.75, 3.05) is 0 Å². The maximum Gasteiger partial charge on any atom is -0.00987 e. The number of benzene rings is 5. The van der Waals surface area contributed by atoms with Crippen LogP contribution in [0, 0.1) is 6.92 Å². The Balaban J connectivity index is 2.00. The fraction of sp³-hybridized carbons (Fsp3) is 0.0435. The molecule has 0 aliphatic heterocycles. The molecule has 0 heterocycles. The molecule has 0 saturated carbocycles. The second-order valence-electron chi connectivity index (χ2n) is 6.37. The summed E-state index contributed by atoms with van der Waals surface area (Å²) in [5.41, 5.74) is 1.31. The van der Waals surface area contributed by atoms with Crippen molar-refractivity contribution in [2.45, 2.75) is 6.92 Å². The molecule has 0 aromatic heterocycles. The topological polar surface area (TPSA) is 0 Å². The molecule has 0 unspecified atom stereocenters. The monoisotopic (exact) mass is 292 g/mol. The molecule has 0 spiro atoms. The second-order valence-corrected chi connectivity index (χ2v) is 6.37. The van der Waals surface area contributed by atoms with E-state index in [2.05, 4.69) is 85.8 Å².